The first-order valence-electron chi connectivity index (χ1n) is 4.84. The van der Waals surface area contributed by atoms with E-state index in [-0.39, 0.29) is 12.3 Å². The SMILES string of the molecule is CCOC(=O)C(=[N+]=[N-])C1(O)CCSCC1. The van der Waals surface area contributed by atoms with Crippen molar-refractivity contribution >= 4 is 23.4 Å². The van der Waals surface area contributed by atoms with Crippen LogP contribution < -0.4 is 0 Å². The number of aliphatic hydroxyl groups is 1. The van der Waals surface area contributed by atoms with Gasteiger partial charge in [0.2, 0.25) is 0 Å². The van der Waals surface area contributed by atoms with Gasteiger partial charge in [-0.2, -0.15) is 16.6 Å². The van der Waals surface area contributed by atoms with E-state index in [9.17, 15) is 9.90 Å². The highest BCUT2D eigenvalue weighted by Gasteiger charge is 2.47. The monoisotopic (exact) mass is 230 g/mol. The quantitative estimate of drug-likeness (QED) is 0.331. The molecule has 0 bridgehead atoms. The first-order chi connectivity index (χ1) is 7.14. The molecule has 0 spiro atoms. The molecule has 5 nitrogen and oxygen atoms in total. The summed E-state index contributed by atoms with van der Waals surface area (Å²) in [6.07, 6.45) is 0.825. The number of hydrogen-bond donors (Lipinski definition) is 1. The lowest BCUT2D eigenvalue weighted by Crippen LogP contribution is -2.47. The molecular formula is C9H14N2O3S. The third-order valence-electron chi connectivity index (χ3n) is 2.33. The van der Waals surface area contributed by atoms with Crippen molar-refractivity contribution < 1.29 is 19.4 Å². The van der Waals surface area contributed by atoms with E-state index in [0.29, 0.717) is 12.8 Å². The molecule has 1 N–H and O–H groups in total. The summed E-state index contributed by atoms with van der Waals surface area (Å²) in [6.45, 7) is 1.86. The summed E-state index contributed by atoms with van der Waals surface area (Å²) in [5.74, 6) is 0.749. The molecule has 6 heteroatoms. The maximum absolute atomic E-state index is 11.4. The number of rotatable bonds is 3. The molecule has 0 aliphatic carbocycles. The van der Waals surface area contributed by atoms with E-state index in [1.807, 2.05) is 0 Å². The average molecular weight is 230 g/mol. The van der Waals surface area contributed by atoms with Crippen LogP contribution in [0.25, 0.3) is 5.53 Å². The van der Waals surface area contributed by atoms with Gasteiger partial charge < -0.3 is 15.4 Å². The van der Waals surface area contributed by atoms with Crippen molar-refractivity contribution in [1.29, 1.82) is 0 Å². The Morgan fingerprint density at radius 3 is 2.67 bits per heavy atom. The number of thioether (sulfide) groups is 1. The van der Waals surface area contributed by atoms with Gasteiger partial charge >= 0.3 is 11.7 Å². The molecule has 1 rings (SSSR count). The molecule has 1 heterocycles. The minimum absolute atomic E-state index is 0.197. The van der Waals surface area contributed by atoms with Gasteiger partial charge in [-0.1, -0.05) is 0 Å². The summed E-state index contributed by atoms with van der Waals surface area (Å²) >= 11 is 1.70. The minimum Gasteiger partial charge on any atom is -0.457 e. The predicted molar refractivity (Wildman–Crippen MR) is 56.8 cm³/mol. The maximum atomic E-state index is 11.4. The molecule has 1 saturated heterocycles. The molecule has 84 valence electrons. The molecule has 1 fully saturated rings. The predicted octanol–water partition coefficient (Wildman–Crippen LogP) is 0.478. The fourth-order valence-electron chi connectivity index (χ4n) is 1.47. The van der Waals surface area contributed by atoms with Crippen molar-refractivity contribution in [2.45, 2.75) is 25.4 Å². The summed E-state index contributed by atoms with van der Waals surface area (Å²) in [6, 6.07) is 0. The van der Waals surface area contributed by atoms with Crippen LogP contribution in [0.1, 0.15) is 19.8 Å². The van der Waals surface area contributed by atoms with Crippen molar-refractivity contribution in [3.8, 4) is 0 Å². The highest BCUT2D eigenvalue weighted by molar-refractivity contribution is 7.99. The molecule has 0 unspecified atom stereocenters. The topological polar surface area (TPSA) is 82.9 Å². The third kappa shape index (κ3) is 2.81. The summed E-state index contributed by atoms with van der Waals surface area (Å²) in [4.78, 5) is 14.3. The second-order valence-corrected chi connectivity index (χ2v) is 4.54. The van der Waals surface area contributed by atoms with Crippen LogP contribution in [0.3, 0.4) is 0 Å². The van der Waals surface area contributed by atoms with Crippen LogP contribution in [0.4, 0.5) is 0 Å². The summed E-state index contributed by atoms with van der Waals surface area (Å²) in [5, 5.41) is 10.1. The van der Waals surface area contributed by atoms with E-state index in [0.717, 1.165) is 11.5 Å². The normalized spacial score (nSPS) is 19.1. The number of carbonyl (C=O) groups excluding carboxylic acids is 1. The van der Waals surface area contributed by atoms with Crippen LogP contribution in [-0.2, 0) is 9.53 Å². The van der Waals surface area contributed by atoms with E-state index >= 15 is 0 Å². The van der Waals surface area contributed by atoms with Gasteiger partial charge in [-0.3, -0.25) is 0 Å². The number of nitrogens with zero attached hydrogens (tertiary/aromatic N) is 2. The Kier molecular flexibility index (Phi) is 4.32. The first-order valence-corrected chi connectivity index (χ1v) is 5.99. The first kappa shape index (κ1) is 12.2. The molecule has 1 aliphatic heterocycles. The molecule has 0 aromatic heterocycles. The summed E-state index contributed by atoms with van der Waals surface area (Å²) < 4.78 is 4.72. The van der Waals surface area contributed by atoms with E-state index in [4.69, 9.17) is 10.3 Å². The third-order valence-corrected chi connectivity index (χ3v) is 3.32. The fourth-order valence-corrected chi connectivity index (χ4v) is 2.64. The minimum atomic E-state index is -1.33. The van der Waals surface area contributed by atoms with Crippen molar-refractivity contribution in [2.75, 3.05) is 18.1 Å². The Morgan fingerprint density at radius 1 is 1.60 bits per heavy atom. The standard InChI is InChI=1S/C9H14N2O3S/c1-2-14-8(12)7(11-10)9(13)3-5-15-6-4-9/h13H,2-6H2,1H3. The lowest BCUT2D eigenvalue weighted by Gasteiger charge is -2.26. The van der Waals surface area contributed by atoms with Gasteiger partial charge in [0.1, 0.15) is 0 Å². The zero-order valence-corrected chi connectivity index (χ0v) is 9.42. The van der Waals surface area contributed by atoms with Crippen LogP contribution in [0, 0.1) is 0 Å². The zero-order chi connectivity index (χ0) is 11.3. The summed E-state index contributed by atoms with van der Waals surface area (Å²) in [5.41, 5.74) is 7.16. The van der Waals surface area contributed by atoms with Crippen molar-refractivity contribution in [3.05, 3.63) is 5.53 Å². The van der Waals surface area contributed by atoms with Crippen molar-refractivity contribution in [1.82, 2.24) is 0 Å². The molecule has 0 aromatic rings. The molecule has 0 atom stereocenters. The van der Waals surface area contributed by atoms with E-state index in [2.05, 4.69) is 4.79 Å². The number of esters is 1. The van der Waals surface area contributed by atoms with Gasteiger partial charge in [-0.05, 0) is 31.3 Å². The Bertz CT molecular complexity index is 294. The maximum Gasteiger partial charge on any atom is 0.420 e. The van der Waals surface area contributed by atoms with Gasteiger partial charge in [0.15, 0.2) is 5.60 Å². The zero-order valence-electron chi connectivity index (χ0n) is 8.60. The Balaban J connectivity index is 2.81. The van der Waals surface area contributed by atoms with Gasteiger partial charge in [-0.15, -0.1) is 0 Å². The smallest absolute Gasteiger partial charge is 0.420 e. The van der Waals surface area contributed by atoms with Crippen molar-refractivity contribution in [2.24, 2.45) is 0 Å². The molecule has 15 heavy (non-hydrogen) atoms. The van der Waals surface area contributed by atoms with E-state index in [1.54, 1.807) is 18.7 Å². The van der Waals surface area contributed by atoms with Crippen LogP contribution in [0.15, 0.2) is 0 Å². The van der Waals surface area contributed by atoms with Gasteiger partial charge in [0.05, 0.1) is 6.61 Å². The fraction of sp³-hybridized carbons (Fsp3) is 0.778. The second kappa shape index (κ2) is 5.30. The van der Waals surface area contributed by atoms with Gasteiger partial charge in [-0.25, -0.2) is 4.79 Å². The Morgan fingerprint density at radius 2 is 2.20 bits per heavy atom. The highest BCUT2D eigenvalue weighted by Crippen LogP contribution is 2.27. The lowest BCUT2D eigenvalue weighted by atomic mass is 9.91. The van der Waals surface area contributed by atoms with E-state index in [1.165, 1.54) is 0 Å². The van der Waals surface area contributed by atoms with Crippen LogP contribution in [0.2, 0.25) is 0 Å². The largest absolute Gasteiger partial charge is 0.457 e. The van der Waals surface area contributed by atoms with Crippen molar-refractivity contribution in [3.63, 3.8) is 0 Å². The van der Waals surface area contributed by atoms with Crippen LogP contribution in [-0.4, -0.2) is 45.3 Å². The van der Waals surface area contributed by atoms with Gasteiger partial charge in [0.25, 0.3) is 0 Å². The Hall–Kier alpha value is -0.840. The molecule has 0 saturated carbocycles. The second-order valence-electron chi connectivity index (χ2n) is 3.31. The average Bonchev–Trinajstić information content (AvgIpc) is 2.19. The molecule has 0 aromatic carbocycles. The molecule has 1 aliphatic rings. The van der Waals surface area contributed by atoms with Crippen LogP contribution in [0.5, 0.6) is 0 Å². The highest BCUT2D eigenvalue weighted by atomic mass is 32.2. The number of ether oxygens (including phenoxy) is 1. The lowest BCUT2D eigenvalue weighted by molar-refractivity contribution is -0.143. The molecular weight excluding hydrogens is 216 g/mol. The number of hydrogen-bond acceptors (Lipinski definition) is 4. The van der Waals surface area contributed by atoms with Crippen LogP contribution >= 0.6 is 11.8 Å². The molecule has 0 radical (unpaired) electrons. The Labute approximate surface area is 92.4 Å². The molecule has 0 amide bonds. The van der Waals surface area contributed by atoms with E-state index < -0.39 is 11.6 Å². The number of carbonyl (C=O) groups is 1. The summed E-state index contributed by atoms with van der Waals surface area (Å²) in [7, 11) is 0. The van der Waals surface area contributed by atoms with Gasteiger partial charge in [0, 0.05) is 0 Å².